The maximum Gasteiger partial charge on any atom is 0.345 e. The summed E-state index contributed by atoms with van der Waals surface area (Å²) in [7, 11) is 2.09. The van der Waals surface area contributed by atoms with E-state index in [0.29, 0.717) is 35.6 Å². The summed E-state index contributed by atoms with van der Waals surface area (Å²) in [6, 6.07) is 30.3. The molecule has 3 aromatic carbocycles. The van der Waals surface area contributed by atoms with Crippen molar-refractivity contribution >= 4 is 16.9 Å². The fourth-order valence-electron chi connectivity index (χ4n) is 7.52. The highest BCUT2D eigenvalue weighted by atomic mass is 16.4. The van der Waals surface area contributed by atoms with Crippen molar-refractivity contribution in [2.45, 2.75) is 39.0 Å². The van der Waals surface area contributed by atoms with Gasteiger partial charge in [-0.2, -0.15) is 0 Å². The Morgan fingerprint density at radius 2 is 1.56 bits per heavy atom. The number of hydrogen-bond donors (Lipinski definition) is 3. The van der Waals surface area contributed by atoms with Crippen LogP contribution in [0.2, 0.25) is 0 Å². The quantitative estimate of drug-likeness (QED) is 0.192. The van der Waals surface area contributed by atoms with Gasteiger partial charge in [-0.25, -0.2) is 4.79 Å². The number of nitrogens with one attached hydrogen (secondary N) is 1. The van der Waals surface area contributed by atoms with Crippen molar-refractivity contribution in [3.8, 4) is 17.0 Å². The van der Waals surface area contributed by atoms with E-state index in [9.17, 15) is 19.8 Å². The molecule has 2 unspecified atom stereocenters. The number of aryl methyl sites for hydroxylation is 1. The van der Waals surface area contributed by atoms with Gasteiger partial charge in [0, 0.05) is 68.0 Å². The molecule has 1 saturated carbocycles. The largest absolute Gasteiger partial charge is 0.506 e. The molecule has 45 heavy (non-hydrogen) atoms. The third-order valence-corrected chi connectivity index (χ3v) is 9.78. The lowest BCUT2D eigenvalue weighted by atomic mass is 9.99. The molecule has 2 atom stereocenters. The summed E-state index contributed by atoms with van der Waals surface area (Å²) in [5, 5.41) is 21.1. The number of benzene rings is 3. The fourth-order valence-corrected chi connectivity index (χ4v) is 7.52. The van der Waals surface area contributed by atoms with Crippen LogP contribution in [0.4, 0.5) is 0 Å². The van der Waals surface area contributed by atoms with E-state index in [1.807, 2.05) is 25.1 Å². The van der Waals surface area contributed by atoms with Gasteiger partial charge in [-0.3, -0.25) is 14.6 Å². The van der Waals surface area contributed by atoms with Crippen LogP contribution in [0.25, 0.3) is 22.2 Å². The Morgan fingerprint density at radius 3 is 2.13 bits per heavy atom. The van der Waals surface area contributed by atoms with Crippen molar-refractivity contribution in [1.29, 1.82) is 0 Å². The van der Waals surface area contributed by atoms with Gasteiger partial charge in [0.2, 0.25) is 0 Å². The Morgan fingerprint density at radius 1 is 0.933 bits per heavy atom. The van der Waals surface area contributed by atoms with Gasteiger partial charge < -0.3 is 19.8 Å². The number of pyridine rings is 1. The maximum atomic E-state index is 12.5. The van der Waals surface area contributed by atoms with Gasteiger partial charge >= 0.3 is 5.97 Å². The standard InChI is InChI=1S/C37H38N4O4/c1-3-28-33(38-36(43)32(35(28)42)37(44)45)25-14-15-31-26(16-25)17-27(39(31)2)20-40-21-29-30(22-40)34(29)41(18-23-10-6-4-7-11-23)19-24-12-8-5-9-13-24/h4-17,29-30,34H,3,18-22H2,1-2H3,(H,44,45)(H2,38,42,43). The fraction of sp³-hybridized carbons (Fsp3) is 0.297. The summed E-state index contributed by atoms with van der Waals surface area (Å²) in [6.45, 7) is 6.77. The van der Waals surface area contributed by atoms with Crippen molar-refractivity contribution in [3.05, 3.63) is 123 Å². The predicted octanol–water partition coefficient (Wildman–Crippen LogP) is 5.63. The van der Waals surface area contributed by atoms with E-state index in [1.165, 1.54) is 16.8 Å². The van der Waals surface area contributed by atoms with Crippen LogP contribution < -0.4 is 5.56 Å². The van der Waals surface area contributed by atoms with Crippen LogP contribution in [-0.4, -0.2) is 54.7 Å². The molecule has 1 aliphatic heterocycles. The Bertz CT molecular complexity index is 1880. The van der Waals surface area contributed by atoms with Gasteiger partial charge in [0.1, 0.15) is 5.75 Å². The number of carboxylic acids is 1. The van der Waals surface area contributed by atoms with Crippen LogP contribution in [0.3, 0.4) is 0 Å². The molecule has 2 fully saturated rings. The smallest absolute Gasteiger partial charge is 0.345 e. The summed E-state index contributed by atoms with van der Waals surface area (Å²) in [4.78, 5) is 32.0. The van der Waals surface area contributed by atoms with Crippen molar-refractivity contribution in [1.82, 2.24) is 19.4 Å². The first-order valence-corrected chi connectivity index (χ1v) is 15.7. The molecule has 8 nitrogen and oxygen atoms in total. The van der Waals surface area contributed by atoms with Gasteiger partial charge in [0.25, 0.3) is 5.56 Å². The number of carbonyl (C=O) groups is 1. The summed E-state index contributed by atoms with van der Waals surface area (Å²) >= 11 is 0. The number of aromatic amines is 1. The SMILES string of the molecule is CCc1c(-c2ccc3c(c2)cc(CN2CC4C(C2)C4N(Cc2ccccc2)Cc2ccccc2)n3C)[nH]c(=O)c(C(=O)O)c1O. The lowest BCUT2D eigenvalue weighted by Crippen LogP contribution is -2.34. The Kier molecular flexibility index (Phi) is 7.55. The van der Waals surface area contributed by atoms with E-state index in [1.54, 1.807) is 0 Å². The molecule has 0 amide bonds. The third kappa shape index (κ3) is 5.45. The number of fused-ring (bicyclic) bond motifs is 2. The number of likely N-dealkylation sites (tertiary alicyclic amines) is 1. The molecule has 3 N–H and O–H groups in total. The van der Waals surface area contributed by atoms with Crippen molar-refractivity contribution < 1.29 is 15.0 Å². The first-order chi connectivity index (χ1) is 21.8. The molecule has 0 bridgehead atoms. The monoisotopic (exact) mass is 602 g/mol. The molecule has 0 spiro atoms. The van der Waals surface area contributed by atoms with Crippen LogP contribution in [-0.2, 0) is 33.1 Å². The second kappa shape index (κ2) is 11.7. The minimum absolute atomic E-state index is 0.378. The van der Waals surface area contributed by atoms with Gasteiger partial charge in [0.15, 0.2) is 5.56 Å². The molecule has 7 rings (SSSR count). The average molecular weight is 603 g/mol. The minimum atomic E-state index is -1.44. The number of carboxylic acid groups (broad SMARTS) is 1. The number of piperidine rings is 1. The number of aromatic nitrogens is 2. The van der Waals surface area contributed by atoms with Crippen LogP contribution in [0.5, 0.6) is 5.75 Å². The highest BCUT2D eigenvalue weighted by Crippen LogP contribution is 2.50. The number of H-pyrrole nitrogens is 1. The number of hydrogen-bond acceptors (Lipinski definition) is 5. The Labute approximate surface area is 262 Å². The highest BCUT2D eigenvalue weighted by Gasteiger charge is 2.57. The zero-order valence-corrected chi connectivity index (χ0v) is 25.6. The van der Waals surface area contributed by atoms with Crippen LogP contribution in [0.15, 0.2) is 89.7 Å². The maximum absolute atomic E-state index is 12.5. The zero-order valence-electron chi connectivity index (χ0n) is 25.6. The first-order valence-electron chi connectivity index (χ1n) is 15.7. The zero-order chi connectivity index (χ0) is 31.2. The molecule has 8 heteroatoms. The van der Waals surface area contributed by atoms with Crippen molar-refractivity contribution in [3.63, 3.8) is 0 Å². The summed E-state index contributed by atoms with van der Waals surface area (Å²) in [6.07, 6.45) is 0.378. The lowest BCUT2D eigenvalue weighted by Gasteiger charge is -2.28. The van der Waals surface area contributed by atoms with E-state index >= 15 is 0 Å². The molecule has 1 aliphatic carbocycles. The minimum Gasteiger partial charge on any atom is -0.506 e. The van der Waals surface area contributed by atoms with Crippen LogP contribution in [0, 0.1) is 11.8 Å². The molecule has 2 aromatic heterocycles. The number of aromatic carboxylic acids is 1. The Balaban J connectivity index is 1.08. The molecule has 0 radical (unpaired) electrons. The highest BCUT2D eigenvalue weighted by molar-refractivity contribution is 5.92. The second-order valence-corrected chi connectivity index (χ2v) is 12.5. The summed E-state index contributed by atoms with van der Waals surface area (Å²) < 4.78 is 2.23. The van der Waals surface area contributed by atoms with E-state index in [0.717, 1.165) is 49.2 Å². The molecular formula is C37H38N4O4. The van der Waals surface area contributed by atoms with E-state index in [4.69, 9.17) is 0 Å². The Hall–Kier alpha value is -4.66. The van der Waals surface area contributed by atoms with Gasteiger partial charge in [-0.1, -0.05) is 73.7 Å². The molecule has 2 aliphatic rings. The van der Waals surface area contributed by atoms with Gasteiger partial charge in [0.05, 0.1) is 5.69 Å². The summed E-state index contributed by atoms with van der Waals surface area (Å²) in [5.41, 5.74) is 5.20. The molecule has 230 valence electrons. The molecule has 5 aromatic rings. The molecule has 3 heterocycles. The predicted molar refractivity (Wildman–Crippen MR) is 175 cm³/mol. The van der Waals surface area contributed by atoms with E-state index in [-0.39, 0.29) is 0 Å². The average Bonchev–Trinajstić information content (AvgIpc) is 3.36. The van der Waals surface area contributed by atoms with E-state index in [2.05, 4.69) is 93.1 Å². The lowest BCUT2D eigenvalue weighted by molar-refractivity contribution is 0.0691. The topological polar surface area (TPSA) is 102 Å². The molecular weight excluding hydrogens is 564 g/mol. The van der Waals surface area contributed by atoms with Crippen molar-refractivity contribution in [2.24, 2.45) is 18.9 Å². The number of rotatable bonds is 10. The number of aromatic hydroxyl groups is 1. The van der Waals surface area contributed by atoms with Gasteiger partial charge in [-0.05, 0) is 53.1 Å². The van der Waals surface area contributed by atoms with Crippen LogP contribution in [0.1, 0.15) is 39.7 Å². The van der Waals surface area contributed by atoms with E-state index < -0.39 is 22.8 Å². The summed E-state index contributed by atoms with van der Waals surface area (Å²) in [5.74, 6) is -0.562. The second-order valence-electron chi connectivity index (χ2n) is 12.5. The van der Waals surface area contributed by atoms with Gasteiger partial charge in [-0.15, -0.1) is 0 Å². The molecule has 1 saturated heterocycles. The number of nitrogens with zero attached hydrogens (tertiary/aromatic N) is 3. The van der Waals surface area contributed by atoms with Crippen molar-refractivity contribution in [2.75, 3.05) is 13.1 Å². The third-order valence-electron chi connectivity index (χ3n) is 9.78. The first kappa shape index (κ1) is 29.1. The van der Waals surface area contributed by atoms with Crippen LogP contribution >= 0.6 is 0 Å². The normalized spacial score (nSPS) is 19.3.